The Morgan fingerprint density at radius 2 is 2.44 bits per heavy atom. The van der Waals surface area contributed by atoms with E-state index in [0.29, 0.717) is 5.17 Å². The molecular weight excluding hydrogens is 256 g/mol. The van der Waals surface area contributed by atoms with Crippen molar-refractivity contribution in [2.75, 3.05) is 13.7 Å². The van der Waals surface area contributed by atoms with Crippen molar-refractivity contribution in [3.8, 4) is 0 Å². The first-order valence-electron chi connectivity index (χ1n) is 5.77. The van der Waals surface area contributed by atoms with Crippen LogP contribution in [0.1, 0.15) is 6.42 Å². The summed E-state index contributed by atoms with van der Waals surface area (Å²) in [5.41, 5.74) is -1.75. The first-order valence-corrected chi connectivity index (χ1v) is 6.65. The quantitative estimate of drug-likeness (QED) is 0.496. The summed E-state index contributed by atoms with van der Waals surface area (Å²) in [7, 11) is 1.71. The SMILES string of the molecule is C=CC[C@@H](O)C12N=C(NC)SC1OCC(O)C2O. The highest BCUT2D eigenvalue weighted by Gasteiger charge is 2.60. The second-order valence-corrected chi connectivity index (χ2v) is 5.44. The Morgan fingerprint density at radius 1 is 1.72 bits per heavy atom. The molecule has 4 unspecified atom stereocenters. The van der Waals surface area contributed by atoms with Crippen molar-refractivity contribution in [2.45, 2.75) is 35.7 Å². The number of amidine groups is 1. The minimum Gasteiger partial charge on any atom is -0.390 e. The van der Waals surface area contributed by atoms with Crippen LogP contribution in [0, 0.1) is 0 Å². The van der Waals surface area contributed by atoms with Crippen molar-refractivity contribution < 1.29 is 20.1 Å². The number of nitrogens with one attached hydrogen (secondary N) is 1. The molecule has 18 heavy (non-hydrogen) atoms. The van der Waals surface area contributed by atoms with Crippen molar-refractivity contribution >= 4 is 16.9 Å². The van der Waals surface area contributed by atoms with Gasteiger partial charge in [0.1, 0.15) is 17.6 Å². The van der Waals surface area contributed by atoms with E-state index in [9.17, 15) is 15.3 Å². The van der Waals surface area contributed by atoms with E-state index in [4.69, 9.17) is 4.74 Å². The van der Waals surface area contributed by atoms with Crippen LogP contribution in [0.5, 0.6) is 0 Å². The minimum absolute atomic E-state index is 0.0356. The van der Waals surface area contributed by atoms with Gasteiger partial charge in [0, 0.05) is 7.05 Å². The van der Waals surface area contributed by atoms with Crippen molar-refractivity contribution in [2.24, 2.45) is 4.99 Å². The number of aliphatic hydroxyl groups is 3. The molecule has 0 spiro atoms. The van der Waals surface area contributed by atoms with Crippen LogP contribution in [0.4, 0.5) is 0 Å². The smallest absolute Gasteiger partial charge is 0.159 e. The van der Waals surface area contributed by atoms with E-state index in [1.54, 1.807) is 13.1 Å². The predicted molar refractivity (Wildman–Crippen MR) is 69.4 cm³/mol. The molecule has 0 bridgehead atoms. The van der Waals surface area contributed by atoms with E-state index < -0.39 is 29.3 Å². The van der Waals surface area contributed by atoms with Gasteiger partial charge in [-0.05, 0) is 6.42 Å². The molecule has 0 saturated carbocycles. The Balaban J connectivity index is 2.37. The molecule has 2 aliphatic heterocycles. The van der Waals surface area contributed by atoms with Crippen molar-refractivity contribution in [3.05, 3.63) is 12.7 Å². The van der Waals surface area contributed by atoms with Gasteiger partial charge < -0.3 is 25.4 Å². The molecular formula is C11H18N2O4S. The molecule has 6 nitrogen and oxygen atoms in total. The third-order valence-corrected chi connectivity index (χ3v) is 4.53. The molecule has 5 atom stereocenters. The van der Waals surface area contributed by atoms with E-state index in [1.807, 2.05) is 0 Å². The predicted octanol–water partition coefficient (Wildman–Crippen LogP) is -0.938. The molecule has 1 saturated heterocycles. The van der Waals surface area contributed by atoms with Crippen LogP contribution in [-0.4, -0.2) is 63.4 Å². The van der Waals surface area contributed by atoms with E-state index >= 15 is 0 Å². The number of hydrogen-bond acceptors (Lipinski definition) is 7. The minimum atomic E-state index is -1.24. The fourth-order valence-electron chi connectivity index (χ4n) is 2.30. The standard InChI is InChI=1S/C11H18N2O4S/c1-3-4-7(15)11-8(16)6(14)5-17-9(11)18-10(12-2)13-11/h3,6-9,14-16H,1,4-5H2,2H3,(H,12,13)/t6?,7-,8?,9?,11?/m1/s1. The molecule has 2 rings (SSSR count). The zero-order valence-electron chi connectivity index (χ0n) is 10.1. The maximum atomic E-state index is 10.3. The van der Waals surface area contributed by atoms with Gasteiger partial charge in [-0.1, -0.05) is 17.8 Å². The van der Waals surface area contributed by atoms with E-state index in [-0.39, 0.29) is 13.0 Å². The van der Waals surface area contributed by atoms with Gasteiger partial charge in [0.2, 0.25) is 0 Å². The van der Waals surface area contributed by atoms with Crippen LogP contribution >= 0.6 is 11.8 Å². The number of ether oxygens (including phenoxy) is 1. The van der Waals surface area contributed by atoms with Gasteiger partial charge >= 0.3 is 0 Å². The van der Waals surface area contributed by atoms with Gasteiger partial charge in [0.25, 0.3) is 0 Å². The van der Waals surface area contributed by atoms with E-state index in [1.165, 1.54) is 11.8 Å². The Hall–Kier alpha value is -0.600. The largest absolute Gasteiger partial charge is 0.390 e. The molecule has 0 aromatic rings. The molecule has 2 aliphatic rings. The summed E-state index contributed by atoms with van der Waals surface area (Å²) >= 11 is 1.30. The second-order valence-electron chi connectivity index (χ2n) is 4.39. The lowest BCUT2D eigenvalue weighted by molar-refractivity contribution is -0.167. The van der Waals surface area contributed by atoms with Gasteiger partial charge in [-0.25, -0.2) is 4.99 Å². The summed E-state index contributed by atoms with van der Waals surface area (Å²) in [4.78, 5) is 4.35. The van der Waals surface area contributed by atoms with Crippen LogP contribution < -0.4 is 5.32 Å². The lowest BCUT2D eigenvalue weighted by Crippen LogP contribution is -2.64. The lowest BCUT2D eigenvalue weighted by Gasteiger charge is -2.44. The Morgan fingerprint density at radius 3 is 3.06 bits per heavy atom. The summed E-state index contributed by atoms with van der Waals surface area (Å²) in [6.07, 6.45) is -1.35. The van der Waals surface area contributed by atoms with Crippen molar-refractivity contribution in [3.63, 3.8) is 0 Å². The molecule has 0 aromatic carbocycles. The van der Waals surface area contributed by atoms with Gasteiger partial charge in [0.05, 0.1) is 12.7 Å². The van der Waals surface area contributed by atoms with Gasteiger partial charge in [0.15, 0.2) is 10.7 Å². The first kappa shape index (κ1) is 13.8. The topological polar surface area (TPSA) is 94.3 Å². The third kappa shape index (κ3) is 1.96. The molecule has 1 fully saturated rings. The summed E-state index contributed by atoms with van der Waals surface area (Å²) in [6.45, 7) is 3.61. The Bertz CT molecular complexity index is 365. The lowest BCUT2D eigenvalue weighted by atomic mass is 9.81. The number of fused-ring (bicyclic) bond motifs is 1. The molecule has 0 amide bonds. The van der Waals surface area contributed by atoms with Crippen LogP contribution in [0.15, 0.2) is 17.6 Å². The van der Waals surface area contributed by atoms with E-state index in [0.717, 1.165) is 0 Å². The van der Waals surface area contributed by atoms with Crippen LogP contribution in [-0.2, 0) is 4.74 Å². The summed E-state index contributed by atoms with van der Waals surface area (Å²) in [6, 6.07) is 0. The number of rotatable bonds is 3. The molecule has 0 aromatic heterocycles. The van der Waals surface area contributed by atoms with Crippen molar-refractivity contribution in [1.82, 2.24) is 5.32 Å². The van der Waals surface area contributed by atoms with Gasteiger partial charge in [-0.3, -0.25) is 0 Å². The maximum Gasteiger partial charge on any atom is 0.159 e. The fraction of sp³-hybridized carbons (Fsp3) is 0.727. The molecule has 4 N–H and O–H groups in total. The molecule has 102 valence electrons. The average Bonchev–Trinajstić information content (AvgIpc) is 2.75. The number of hydrogen-bond donors (Lipinski definition) is 4. The zero-order chi connectivity index (χ0) is 13.3. The maximum absolute atomic E-state index is 10.3. The van der Waals surface area contributed by atoms with Crippen LogP contribution in [0.2, 0.25) is 0 Å². The fourth-order valence-corrected chi connectivity index (χ4v) is 3.52. The average molecular weight is 274 g/mol. The number of aliphatic imine (C=N–C) groups is 1. The number of thioether (sulfide) groups is 1. The third-order valence-electron chi connectivity index (χ3n) is 3.29. The Kier molecular flexibility index (Phi) is 3.98. The molecule has 0 aliphatic carbocycles. The highest BCUT2D eigenvalue weighted by molar-refractivity contribution is 8.14. The normalized spacial score (nSPS) is 40.9. The summed E-state index contributed by atoms with van der Waals surface area (Å²) in [5, 5.41) is 33.7. The first-order chi connectivity index (χ1) is 8.56. The molecule has 2 heterocycles. The van der Waals surface area contributed by atoms with Crippen LogP contribution in [0.3, 0.4) is 0 Å². The summed E-state index contributed by atoms with van der Waals surface area (Å²) < 4.78 is 5.49. The monoisotopic (exact) mass is 274 g/mol. The zero-order valence-corrected chi connectivity index (χ0v) is 10.9. The van der Waals surface area contributed by atoms with Gasteiger partial charge in [-0.15, -0.1) is 6.58 Å². The second kappa shape index (κ2) is 5.18. The summed E-state index contributed by atoms with van der Waals surface area (Å²) in [5.74, 6) is 0. The van der Waals surface area contributed by atoms with E-state index in [2.05, 4.69) is 16.9 Å². The van der Waals surface area contributed by atoms with Crippen molar-refractivity contribution in [1.29, 1.82) is 0 Å². The molecule has 0 radical (unpaired) electrons. The Labute approximate surface area is 110 Å². The highest BCUT2D eigenvalue weighted by Crippen LogP contribution is 2.45. The highest BCUT2D eigenvalue weighted by atomic mass is 32.2. The van der Waals surface area contributed by atoms with Crippen LogP contribution in [0.25, 0.3) is 0 Å². The number of nitrogens with zero attached hydrogens (tertiary/aromatic N) is 1. The number of aliphatic hydroxyl groups excluding tert-OH is 3. The molecule has 7 heteroatoms. The van der Waals surface area contributed by atoms with Gasteiger partial charge in [-0.2, -0.15) is 0 Å².